The second kappa shape index (κ2) is 6.76. The summed E-state index contributed by atoms with van der Waals surface area (Å²) < 4.78 is 0.930. The third-order valence-corrected chi connectivity index (χ3v) is 3.00. The third kappa shape index (κ3) is 4.41. The van der Waals surface area contributed by atoms with E-state index < -0.39 is 0 Å². The van der Waals surface area contributed by atoms with Gasteiger partial charge in [0.25, 0.3) is 0 Å². The van der Waals surface area contributed by atoms with Gasteiger partial charge in [0, 0.05) is 28.7 Å². The number of nitrogens with zero attached hydrogens (tertiary/aromatic N) is 1. The zero-order valence-corrected chi connectivity index (χ0v) is 11.0. The van der Waals surface area contributed by atoms with E-state index in [-0.39, 0.29) is 11.7 Å². The van der Waals surface area contributed by atoms with Crippen LogP contribution in [0.15, 0.2) is 22.8 Å². The van der Waals surface area contributed by atoms with Gasteiger partial charge in [0.2, 0.25) is 0 Å². The van der Waals surface area contributed by atoms with Crippen molar-refractivity contribution in [3.8, 4) is 0 Å². The van der Waals surface area contributed by atoms with Gasteiger partial charge >= 0.3 is 0 Å². The van der Waals surface area contributed by atoms with Crippen LogP contribution in [0.4, 0.5) is 0 Å². The van der Waals surface area contributed by atoms with Crippen molar-refractivity contribution in [2.75, 3.05) is 6.54 Å². The van der Waals surface area contributed by atoms with Crippen molar-refractivity contribution >= 4 is 21.7 Å². The molecule has 1 aromatic rings. The minimum atomic E-state index is 0.0778. The van der Waals surface area contributed by atoms with E-state index in [9.17, 15) is 4.79 Å². The zero-order valence-electron chi connectivity index (χ0n) is 9.45. The Hall–Kier alpha value is -0.740. The highest BCUT2D eigenvalue weighted by atomic mass is 79.9. The molecular weight excluding hydrogens is 268 g/mol. The molecule has 3 nitrogen and oxygen atoms in total. The van der Waals surface area contributed by atoms with E-state index in [2.05, 4.69) is 20.9 Å². The molecule has 1 atom stereocenters. The lowest BCUT2D eigenvalue weighted by molar-refractivity contribution is -0.121. The third-order valence-electron chi connectivity index (χ3n) is 2.53. The Morgan fingerprint density at radius 2 is 2.31 bits per heavy atom. The lowest BCUT2D eigenvalue weighted by atomic mass is 9.97. The number of carbonyl (C=O) groups is 1. The first-order chi connectivity index (χ1) is 7.63. The molecule has 1 rings (SSSR count). The molecule has 0 aliphatic heterocycles. The van der Waals surface area contributed by atoms with Crippen LogP contribution in [0.2, 0.25) is 0 Å². The smallest absolute Gasteiger partial charge is 0.141 e. The highest BCUT2D eigenvalue weighted by molar-refractivity contribution is 9.10. The van der Waals surface area contributed by atoms with Gasteiger partial charge in [-0.15, -0.1) is 0 Å². The lowest BCUT2D eigenvalue weighted by Gasteiger charge is -2.09. The summed E-state index contributed by atoms with van der Waals surface area (Å²) in [5, 5.41) is 0. The molecule has 0 aromatic carbocycles. The van der Waals surface area contributed by atoms with Crippen LogP contribution < -0.4 is 5.73 Å². The Balaban J connectivity index is 2.47. The van der Waals surface area contributed by atoms with Crippen molar-refractivity contribution in [2.24, 2.45) is 11.7 Å². The van der Waals surface area contributed by atoms with Crippen molar-refractivity contribution < 1.29 is 4.79 Å². The van der Waals surface area contributed by atoms with Crippen molar-refractivity contribution in [1.82, 2.24) is 4.98 Å². The summed E-state index contributed by atoms with van der Waals surface area (Å²) in [6.45, 7) is 2.60. The number of hydrogen-bond acceptors (Lipinski definition) is 3. The van der Waals surface area contributed by atoms with Gasteiger partial charge in [-0.1, -0.05) is 6.92 Å². The van der Waals surface area contributed by atoms with Crippen molar-refractivity contribution in [2.45, 2.75) is 26.2 Å². The molecule has 1 aromatic heterocycles. The second-order valence-corrected chi connectivity index (χ2v) is 4.86. The maximum Gasteiger partial charge on any atom is 0.141 e. The standard InChI is InChI=1S/C12H17BrN2O/c1-9(3-2-6-14)12(16)7-11-5-4-10(13)8-15-11/h4-5,8-9H,2-3,6-7,14H2,1H3. The summed E-state index contributed by atoms with van der Waals surface area (Å²) in [4.78, 5) is 16.0. The van der Waals surface area contributed by atoms with E-state index in [1.54, 1.807) is 6.20 Å². The zero-order chi connectivity index (χ0) is 12.0. The molecule has 16 heavy (non-hydrogen) atoms. The number of pyridine rings is 1. The molecule has 0 spiro atoms. The first-order valence-corrected chi connectivity index (χ1v) is 6.26. The minimum absolute atomic E-state index is 0.0778. The van der Waals surface area contributed by atoms with Gasteiger partial charge in [-0.25, -0.2) is 0 Å². The first-order valence-electron chi connectivity index (χ1n) is 5.46. The van der Waals surface area contributed by atoms with Gasteiger partial charge in [0.05, 0.1) is 0 Å². The molecule has 0 aliphatic rings. The van der Waals surface area contributed by atoms with Crippen LogP contribution in [0.1, 0.15) is 25.5 Å². The van der Waals surface area contributed by atoms with E-state index in [4.69, 9.17) is 5.73 Å². The van der Waals surface area contributed by atoms with Crippen LogP contribution >= 0.6 is 15.9 Å². The van der Waals surface area contributed by atoms with Crippen molar-refractivity contribution in [3.63, 3.8) is 0 Å². The van der Waals surface area contributed by atoms with Gasteiger partial charge < -0.3 is 5.73 Å². The predicted molar refractivity (Wildman–Crippen MR) is 68.1 cm³/mol. The number of Topliss-reactive ketones (excluding diaryl/α,β-unsaturated/α-hetero) is 1. The van der Waals surface area contributed by atoms with Crippen LogP contribution in [-0.2, 0) is 11.2 Å². The Bertz CT molecular complexity index is 337. The molecule has 2 N–H and O–H groups in total. The molecule has 1 unspecified atom stereocenters. The molecule has 0 fully saturated rings. The number of rotatable bonds is 6. The fourth-order valence-electron chi connectivity index (χ4n) is 1.45. The predicted octanol–water partition coefficient (Wildman–Crippen LogP) is 2.33. The van der Waals surface area contributed by atoms with E-state index in [1.165, 1.54) is 0 Å². The number of halogens is 1. The lowest BCUT2D eigenvalue weighted by Crippen LogP contribution is -2.15. The average Bonchev–Trinajstić information content (AvgIpc) is 2.29. The fraction of sp³-hybridized carbons (Fsp3) is 0.500. The molecule has 0 saturated carbocycles. The maximum atomic E-state index is 11.8. The number of hydrogen-bond donors (Lipinski definition) is 1. The van der Waals surface area contributed by atoms with E-state index in [0.29, 0.717) is 13.0 Å². The number of aromatic nitrogens is 1. The van der Waals surface area contributed by atoms with Crippen LogP contribution in [0.5, 0.6) is 0 Å². The normalized spacial score (nSPS) is 12.4. The molecule has 4 heteroatoms. The molecular formula is C12H17BrN2O. The summed E-state index contributed by atoms with van der Waals surface area (Å²) in [7, 11) is 0. The number of nitrogens with two attached hydrogens (primary N) is 1. The summed E-state index contributed by atoms with van der Waals surface area (Å²) in [5.41, 5.74) is 6.24. The maximum absolute atomic E-state index is 11.8. The first kappa shape index (κ1) is 13.3. The minimum Gasteiger partial charge on any atom is -0.330 e. The van der Waals surface area contributed by atoms with Crippen molar-refractivity contribution in [3.05, 3.63) is 28.5 Å². The highest BCUT2D eigenvalue weighted by Gasteiger charge is 2.13. The van der Waals surface area contributed by atoms with E-state index >= 15 is 0 Å². The van der Waals surface area contributed by atoms with Gasteiger partial charge in [-0.05, 0) is 47.4 Å². The Labute approximate surface area is 105 Å². The van der Waals surface area contributed by atoms with Gasteiger partial charge in [-0.3, -0.25) is 9.78 Å². The largest absolute Gasteiger partial charge is 0.330 e. The molecule has 0 bridgehead atoms. The van der Waals surface area contributed by atoms with Gasteiger partial charge in [0.15, 0.2) is 0 Å². The summed E-state index contributed by atoms with van der Waals surface area (Å²) in [6, 6.07) is 3.78. The SMILES string of the molecule is CC(CCCN)C(=O)Cc1ccc(Br)cn1. The number of ketones is 1. The number of carbonyl (C=O) groups excluding carboxylic acids is 1. The molecule has 0 radical (unpaired) electrons. The summed E-state index contributed by atoms with van der Waals surface area (Å²) >= 11 is 3.31. The Morgan fingerprint density at radius 1 is 1.56 bits per heavy atom. The average molecular weight is 285 g/mol. The molecule has 1 heterocycles. The van der Waals surface area contributed by atoms with Gasteiger partial charge in [0.1, 0.15) is 5.78 Å². The van der Waals surface area contributed by atoms with Crippen LogP contribution in [0.25, 0.3) is 0 Å². The van der Waals surface area contributed by atoms with Crippen LogP contribution in [0.3, 0.4) is 0 Å². The van der Waals surface area contributed by atoms with Crippen LogP contribution in [0, 0.1) is 5.92 Å². The molecule has 0 amide bonds. The summed E-state index contributed by atoms with van der Waals surface area (Å²) in [5.74, 6) is 0.317. The molecule has 0 aliphatic carbocycles. The quantitative estimate of drug-likeness (QED) is 0.872. The van der Waals surface area contributed by atoms with Crippen molar-refractivity contribution in [1.29, 1.82) is 0 Å². The van der Waals surface area contributed by atoms with E-state index in [1.807, 2.05) is 19.1 Å². The van der Waals surface area contributed by atoms with Gasteiger partial charge in [-0.2, -0.15) is 0 Å². The van der Waals surface area contributed by atoms with E-state index in [0.717, 1.165) is 23.0 Å². The topological polar surface area (TPSA) is 56.0 Å². The fourth-order valence-corrected chi connectivity index (χ4v) is 1.68. The molecule has 88 valence electrons. The summed E-state index contributed by atoms with van der Waals surface area (Å²) in [6.07, 6.45) is 3.90. The van der Waals surface area contributed by atoms with Crippen LogP contribution in [-0.4, -0.2) is 17.3 Å². The second-order valence-electron chi connectivity index (χ2n) is 3.94. The highest BCUT2D eigenvalue weighted by Crippen LogP contribution is 2.12. The molecule has 0 saturated heterocycles. The Morgan fingerprint density at radius 3 is 2.88 bits per heavy atom. The monoisotopic (exact) mass is 284 g/mol. The Kier molecular flexibility index (Phi) is 5.63.